The first-order valence-corrected chi connectivity index (χ1v) is 40.0. The van der Waals surface area contributed by atoms with E-state index in [-0.39, 0.29) is 25.7 Å². The number of aliphatic hydroxyl groups is 1. The Balaban J connectivity index is 5.52. The molecule has 0 amide bonds. The molecule has 0 bridgehead atoms. The lowest BCUT2D eigenvalue weighted by Gasteiger charge is -2.21. The lowest BCUT2D eigenvalue weighted by molar-refractivity contribution is -0.161. The summed E-state index contributed by atoms with van der Waals surface area (Å²) in [5.41, 5.74) is 0. The molecule has 17 nitrogen and oxygen atoms in total. The Kier molecular flexibility index (Phi) is 67.4. The number of allylic oxidation sites excluding steroid dienone is 29. The van der Waals surface area contributed by atoms with Gasteiger partial charge in [-0.2, -0.15) is 0 Å². The first-order valence-electron chi connectivity index (χ1n) is 37.0. The van der Waals surface area contributed by atoms with Gasteiger partial charge in [-0.05, 0) is 141 Å². The number of hydrogen-bond acceptors (Lipinski definition) is 15. The number of unbranched alkanes of at least 4 members (excludes halogenated alkanes) is 12. The summed E-state index contributed by atoms with van der Waals surface area (Å²) >= 11 is 0. The van der Waals surface area contributed by atoms with E-state index in [0.717, 1.165) is 161 Å². The van der Waals surface area contributed by atoms with Crippen LogP contribution in [0.3, 0.4) is 0 Å². The largest absolute Gasteiger partial charge is 0.472 e. The molecule has 0 rings (SSSR count). The monoisotopic (exact) mass is 1430 g/mol. The quantitative estimate of drug-likeness (QED) is 0.0169. The number of esters is 4. The highest BCUT2D eigenvalue weighted by molar-refractivity contribution is 7.47. The minimum Gasteiger partial charge on any atom is -0.462 e. The number of ether oxygens (including phenoxy) is 4. The number of phosphoric acid groups is 2. The number of carbonyl (C=O) groups excluding carboxylic acids is 4. The Hall–Kier alpha value is -5.84. The lowest BCUT2D eigenvalue weighted by atomic mass is 10.1. The summed E-state index contributed by atoms with van der Waals surface area (Å²) in [4.78, 5) is 72.7. The number of hydrogen-bond donors (Lipinski definition) is 3. The van der Waals surface area contributed by atoms with E-state index in [0.29, 0.717) is 32.1 Å². The van der Waals surface area contributed by atoms with Gasteiger partial charge < -0.3 is 33.8 Å². The molecule has 0 aliphatic heterocycles. The molecule has 19 heteroatoms. The molecule has 0 aliphatic rings. The summed E-state index contributed by atoms with van der Waals surface area (Å²) in [6.45, 7) is 4.23. The highest BCUT2D eigenvalue weighted by Gasteiger charge is 2.30. The van der Waals surface area contributed by atoms with E-state index in [1.54, 1.807) is 12.2 Å². The SMILES string of the molecule is CC/C=C\C/C=C\C/C=C\C/C=C\C/C=C\C/C=C\CCC(=O)OCC(COP(=O)(O)OCC(O)COP(=O)(O)OCC(COC(=O)CCCCCCC/C=C\C/C=C\CCC)OC(=O)CCCCCCC/C=C\C/C=C\CCC)OC(=O)C/C=C\C/C=C\C/C=C\C/C=C\C/C=C\CC. The van der Waals surface area contributed by atoms with Crippen LogP contribution in [0.15, 0.2) is 182 Å². The van der Waals surface area contributed by atoms with Crippen LogP contribution in [0.2, 0.25) is 0 Å². The second-order valence-corrected chi connectivity index (χ2v) is 26.7. The summed E-state index contributed by atoms with van der Waals surface area (Å²) in [5.74, 6) is -2.48. The standard InChI is InChI=1S/C81H128O17P2/c1-5-9-13-17-21-25-29-33-35-36-37-38-40-43-46-50-54-58-62-66-79(84)92-72-77(98-81(86)68-64-60-56-52-48-44-39-34-30-26-22-18-14-10-6-2)74-96-100(89,90)94-70-75(82)69-93-99(87,88)95-73-76(97-80(85)67-63-59-55-51-47-42-32-28-24-20-16-12-8-4)71-91-78(83)65-61-57-53-49-45-41-31-27-23-19-15-11-7-3/h9-10,13-16,19-22,25-28,31-35,37-39,43,46,48,52,54,58,60,64,75-77,82H,5-8,11-12,17-18,23-24,29-30,36,40-42,44-45,47,49-51,53,55-57,59,61-63,65-74H2,1-4H3,(H,87,88)(H,89,90)/b13-9-,14-10-,19-15-,20-16-,25-21-,26-22-,31-27-,32-28-,35-33-,38-37-,39-34-,46-43-,52-48-,58-54-,64-60-. The van der Waals surface area contributed by atoms with Crippen LogP contribution in [0, 0.1) is 0 Å². The van der Waals surface area contributed by atoms with Crippen molar-refractivity contribution in [2.45, 2.75) is 264 Å². The molecule has 0 heterocycles. The van der Waals surface area contributed by atoms with Gasteiger partial charge in [0, 0.05) is 19.3 Å². The molecule has 0 radical (unpaired) electrons. The van der Waals surface area contributed by atoms with E-state index in [4.69, 9.17) is 37.0 Å². The van der Waals surface area contributed by atoms with Crippen molar-refractivity contribution in [3.05, 3.63) is 182 Å². The smallest absolute Gasteiger partial charge is 0.462 e. The number of carbonyl (C=O) groups is 4. The van der Waals surface area contributed by atoms with Gasteiger partial charge in [-0.3, -0.25) is 37.3 Å². The zero-order chi connectivity index (χ0) is 73.2. The van der Waals surface area contributed by atoms with Crippen LogP contribution in [0.5, 0.6) is 0 Å². The van der Waals surface area contributed by atoms with Crippen molar-refractivity contribution in [3.63, 3.8) is 0 Å². The molecule has 100 heavy (non-hydrogen) atoms. The first-order chi connectivity index (χ1) is 48.7. The van der Waals surface area contributed by atoms with Gasteiger partial charge >= 0.3 is 39.5 Å². The summed E-state index contributed by atoms with van der Waals surface area (Å²) in [6, 6.07) is 0. The number of aliphatic hydroxyl groups excluding tert-OH is 1. The van der Waals surface area contributed by atoms with Crippen LogP contribution in [0.1, 0.15) is 246 Å². The zero-order valence-corrected chi connectivity index (χ0v) is 63.1. The van der Waals surface area contributed by atoms with Gasteiger partial charge in [0.25, 0.3) is 0 Å². The molecule has 0 saturated carbocycles. The molecule has 5 unspecified atom stereocenters. The predicted octanol–water partition coefficient (Wildman–Crippen LogP) is 21.2. The fraction of sp³-hybridized carbons (Fsp3) is 0.580. The maximum atomic E-state index is 13.1. The molecule has 3 N–H and O–H groups in total. The normalized spacial score (nSPS) is 15.0. The van der Waals surface area contributed by atoms with E-state index < -0.39 is 97.5 Å². The van der Waals surface area contributed by atoms with Crippen molar-refractivity contribution in [1.29, 1.82) is 0 Å². The average Bonchev–Trinajstić information content (AvgIpc) is 0.946. The molecular formula is C81H128O17P2. The van der Waals surface area contributed by atoms with Crippen molar-refractivity contribution in [2.24, 2.45) is 0 Å². The highest BCUT2D eigenvalue weighted by atomic mass is 31.2. The molecule has 0 spiro atoms. The minimum atomic E-state index is -5.02. The van der Waals surface area contributed by atoms with Crippen LogP contribution in [-0.4, -0.2) is 96.7 Å². The van der Waals surface area contributed by atoms with Gasteiger partial charge in [-0.15, -0.1) is 0 Å². The third kappa shape index (κ3) is 70.6. The lowest BCUT2D eigenvalue weighted by Crippen LogP contribution is -2.30. The fourth-order valence-corrected chi connectivity index (χ4v) is 10.4. The summed E-state index contributed by atoms with van der Waals surface area (Å²) in [5, 5.41) is 10.6. The minimum absolute atomic E-state index is 0.00896. The van der Waals surface area contributed by atoms with Gasteiger partial charge in [0.15, 0.2) is 12.2 Å². The summed E-state index contributed by atoms with van der Waals surface area (Å²) in [6.07, 6.45) is 85.2. The van der Waals surface area contributed by atoms with E-state index in [9.17, 15) is 43.2 Å². The Labute approximate surface area is 603 Å². The average molecular weight is 1440 g/mol. The predicted molar refractivity (Wildman–Crippen MR) is 408 cm³/mol. The van der Waals surface area contributed by atoms with Gasteiger partial charge in [0.2, 0.25) is 0 Å². The second kappa shape index (κ2) is 71.6. The molecule has 5 atom stereocenters. The van der Waals surface area contributed by atoms with Crippen LogP contribution < -0.4 is 0 Å². The summed E-state index contributed by atoms with van der Waals surface area (Å²) < 4.78 is 68.1. The molecule has 0 aromatic rings. The third-order valence-electron chi connectivity index (χ3n) is 14.3. The summed E-state index contributed by atoms with van der Waals surface area (Å²) in [7, 11) is -10.0. The molecule has 0 aromatic carbocycles. The molecule has 0 fully saturated rings. The Morgan fingerprint density at radius 1 is 0.300 bits per heavy atom. The molecule has 0 saturated heterocycles. The van der Waals surface area contributed by atoms with Crippen molar-refractivity contribution in [3.8, 4) is 0 Å². The number of phosphoric ester groups is 2. The maximum Gasteiger partial charge on any atom is 0.472 e. The zero-order valence-electron chi connectivity index (χ0n) is 61.3. The van der Waals surface area contributed by atoms with Gasteiger partial charge in [-0.1, -0.05) is 261 Å². The maximum absolute atomic E-state index is 13.1. The van der Waals surface area contributed by atoms with E-state index in [2.05, 4.69) is 167 Å². The van der Waals surface area contributed by atoms with Crippen molar-refractivity contribution in [1.82, 2.24) is 0 Å². The van der Waals surface area contributed by atoms with Gasteiger partial charge in [0.1, 0.15) is 19.3 Å². The number of rotatable bonds is 67. The van der Waals surface area contributed by atoms with Crippen molar-refractivity contribution >= 4 is 39.5 Å². The van der Waals surface area contributed by atoms with Crippen LogP contribution in [0.4, 0.5) is 0 Å². The Morgan fingerprint density at radius 3 is 0.950 bits per heavy atom. The topological polar surface area (TPSA) is 237 Å². The van der Waals surface area contributed by atoms with Crippen LogP contribution >= 0.6 is 15.6 Å². The van der Waals surface area contributed by atoms with E-state index in [1.807, 2.05) is 30.4 Å². The second-order valence-electron chi connectivity index (χ2n) is 23.8. The first kappa shape index (κ1) is 94.2. The van der Waals surface area contributed by atoms with Crippen LogP contribution in [-0.2, 0) is 65.4 Å². The Bertz CT molecular complexity index is 2620. The molecular weight excluding hydrogens is 1310 g/mol. The molecule has 0 aromatic heterocycles. The Morgan fingerprint density at radius 2 is 0.580 bits per heavy atom. The van der Waals surface area contributed by atoms with Gasteiger partial charge in [-0.25, -0.2) is 9.13 Å². The van der Waals surface area contributed by atoms with Crippen molar-refractivity contribution < 1.29 is 80.2 Å². The van der Waals surface area contributed by atoms with E-state index >= 15 is 0 Å². The highest BCUT2D eigenvalue weighted by Crippen LogP contribution is 2.45. The molecule has 0 aliphatic carbocycles. The molecule has 564 valence electrons. The van der Waals surface area contributed by atoms with Crippen LogP contribution in [0.25, 0.3) is 0 Å². The van der Waals surface area contributed by atoms with Gasteiger partial charge in [0.05, 0.1) is 32.8 Å². The van der Waals surface area contributed by atoms with E-state index in [1.165, 1.54) is 0 Å². The van der Waals surface area contributed by atoms with Crippen molar-refractivity contribution in [2.75, 3.05) is 39.6 Å². The third-order valence-corrected chi connectivity index (χ3v) is 16.2. The fourth-order valence-electron chi connectivity index (χ4n) is 8.81.